The van der Waals surface area contributed by atoms with E-state index in [9.17, 15) is 9.59 Å². The lowest BCUT2D eigenvalue weighted by Gasteiger charge is -2.34. The maximum absolute atomic E-state index is 12.4. The largest absolute Gasteiger partial charge is 0.358 e. The third-order valence-corrected chi connectivity index (χ3v) is 5.08. The number of benzene rings is 1. The minimum atomic E-state index is 0.0155. The van der Waals surface area contributed by atoms with Crippen molar-refractivity contribution in [3.8, 4) is 0 Å². The van der Waals surface area contributed by atoms with Gasteiger partial charge in [0.2, 0.25) is 11.8 Å². The SMILES string of the molecule is CC[C@H](NCC(=O)N1CCN(CC(=O)NC)CC1)c1ccc(Br)cc1. The van der Waals surface area contributed by atoms with Gasteiger partial charge in [0.15, 0.2) is 0 Å². The fourth-order valence-electron chi connectivity index (χ4n) is 2.95. The average Bonchev–Trinajstić information content (AvgIpc) is 2.63. The molecule has 138 valence electrons. The van der Waals surface area contributed by atoms with Gasteiger partial charge in [-0.25, -0.2) is 0 Å². The van der Waals surface area contributed by atoms with Crippen molar-refractivity contribution in [2.75, 3.05) is 46.3 Å². The van der Waals surface area contributed by atoms with Crippen LogP contribution in [-0.4, -0.2) is 67.9 Å². The van der Waals surface area contributed by atoms with Gasteiger partial charge in [-0.05, 0) is 24.1 Å². The van der Waals surface area contributed by atoms with Gasteiger partial charge in [0.1, 0.15) is 0 Å². The molecule has 1 fully saturated rings. The van der Waals surface area contributed by atoms with Gasteiger partial charge in [-0.3, -0.25) is 14.5 Å². The van der Waals surface area contributed by atoms with Crippen LogP contribution in [0.5, 0.6) is 0 Å². The molecule has 7 heteroatoms. The number of piperazine rings is 1. The highest BCUT2D eigenvalue weighted by molar-refractivity contribution is 9.10. The molecular weight excluding hydrogens is 384 g/mol. The lowest BCUT2D eigenvalue weighted by atomic mass is 10.0. The maximum Gasteiger partial charge on any atom is 0.236 e. The van der Waals surface area contributed by atoms with Crippen molar-refractivity contribution in [2.24, 2.45) is 0 Å². The van der Waals surface area contributed by atoms with E-state index < -0.39 is 0 Å². The van der Waals surface area contributed by atoms with Crippen LogP contribution in [0.4, 0.5) is 0 Å². The summed E-state index contributed by atoms with van der Waals surface area (Å²) in [6.45, 7) is 5.68. The Balaban J connectivity index is 1.78. The highest BCUT2D eigenvalue weighted by Crippen LogP contribution is 2.19. The monoisotopic (exact) mass is 410 g/mol. The Morgan fingerprint density at radius 2 is 1.80 bits per heavy atom. The minimum Gasteiger partial charge on any atom is -0.358 e. The van der Waals surface area contributed by atoms with Gasteiger partial charge in [-0.2, -0.15) is 0 Å². The Bertz CT molecular complexity index is 571. The molecule has 0 spiro atoms. The topological polar surface area (TPSA) is 64.7 Å². The maximum atomic E-state index is 12.4. The van der Waals surface area contributed by atoms with Gasteiger partial charge in [0.05, 0.1) is 13.1 Å². The average molecular weight is 411 g/mol. The molecule has 0 aliphatic carbocycles. The van der Waals surface area contributed by atoms with Crippen LogP contribution in [0, 0.1) is 0 Å². The molecule has 0 radical (unpaired) electrons. The van der Waals surface area contributed by atoms with E-state index in [0.29, 0.717) is 26.2 Å². The van der Waals surface area contributed by atoms with E-state index in [-0.39, 0.29) is 17.9 Å². The van der Waals surface area contributed by atoms with Gasteiger partial charge in [0.25, 0.3) is 0 Å². The summed E-state index contributed by atoms with van der Waals surface area (Å²) >= 11 is 3.44. The Hall–Kier alpha value is -1.44. The molecule has 0 unspecified atom stereocenters. The van der Waals surface area contributed by atoms with E-state index in [0.717, 1.165) is 24.0 Å². The number of halogens is 1. The summed E-state index contributed by atoms with van der Waals surface area (Å²) in [4.78, 5) is 27.8. The summed E-state index contributed by atoms with van der Waals surface area (Å²) in [6, 6.07) is 8.37. The second-order valence-corrected chi connectivity index (χ2v) is 7.14. The predicted octanol–water partition coefficient (Wildman–Crippen LogP) is 1.38. The fraction of sp³-hybridized carbons (Fsp3) is 0.556. The van der Waals surface area contributed by atoms with Crippen LogP contribution in [0.25, 0.3) is 0 Å². The minimum absolute atomic E-state index is 0.0155. The summed E-state index contributed by atoms with van der Waals surface area (Å²) in [5, 5.41) is 6.00. The molecule has 25 heavy (non-hydrogen) atoms. The number of rotatable bonds is 7. The molecule has 1 aliphatic heterocycles. The molecule has 1 heterocycles. The zero-order chi connectivity index (χ0) is 18.2. The number of nitrogens with zero attached hydrogens (tertiary/aromatic N) is 2. The number of carbonyl (C=O) groups excluding carboxylic acids is 2. The van der Waals surface area contributed by atoms with Gasteiger partial charge >= 0.3 is 0 Å². The van der Waals surface area contributed by atoms with Gasteiger partial charge < -0.3 is 15.5 Å². The molecule has 1 atom stereocenters. The second kappa shape index (κ2) is 9.89. The zero-order valence-corrected chi connectivity index (χ0v) is 16.5. The van der Waals surface area contributed by atoms with E-state index in [1.54, 1.807) is 7.05 Å². The van der Waals surface area contributed by atoms with Crippen molar-refractivity contribution in [2.45, 2.75) is 19.4 Å². The number of nitrogens with one attached hydrogen (secondary N) is 2. The van der Waals surface area contributed by atoms with Crippen LogP contribution in [0.15, 0.2) is 28.7 Å². The number of amides is 2. The molecule has 2 amide bonds. The number of likely N-dealkylation sites (N-methyl/N-ethyl adjacent to an activating group) is 1. The van der Waals surface area contributed by atoms with Crippen LogP contribution >= 0.6 is 15.9 Å². The van der Waals surface area contributed by atoms with E-state index in [1.165, 1.54) is 5.56 Å². The molecule has 0 aromatic heterocycles. The third-order valence-electron chi connectivity index (χ3n) is 4.55. The van der Waals surface area contributed by atoms with Crippen LogP contribution in [0.2, 0.25) is 0 Å². The summed E-state index contributed by atoms with van der Waals surface area (Å²) in [6.07, 6.45) is 0.925. The highest BCUT2D eigenvalue weighted by atomic mass is 79.9. The highest BCUT2D eigenvalue weighted by Gasteiger charge is 2.22. The molecule has 6 nitrogen and oxygen atoms in total. The number of hydrogen-bond donors (Lipinski definition) is 2. The zero-order valence-electron chi connectivity index (χ0n) is 14.9. The van der Waals surface area contributed by atoms with Gasteiger partial charge in [-0.1, -0.05) is 35.0 Å². The van der Waals surface area contributed by atoms with E-state index in [1.807, 2.05) is 17.0 Å². The molecule has 2 N–H and O–H groups in total. The number of carbonyl (C=O) groups is 2. The van der Waals surface area contributed by atoms with Gasteiger partial charge in [-0.15, -0.1) is 0 Å². The predicted molar refractivity (Wildman–Crippen MR) is 102 cm³/mol. The molecule has 0 bridgehead atoms. The van der Waals surface area contributed by atoms with Crippen LogP contribution in [0.1, 0.15) is 24.9 Å². The summed E-state index contributed by atoms with van der Waals surface area (Å²) in [5.41, 5.74) is 1.19. The van der Waals surface area contributed by atoms with Crippen molar-refractivity contribution in [1.29, 1.82) is 0 Å². The molecular formula is C18H27BrN4O2. The van der Waals surface area contributed by atoms with Crippen molar-refractivity contribution in [3.05, 3.63) is 34.3 Å². The first kappa shape index (κ1) is 19.9. The molecule has 1 aliphatic rings. The number of hydrogen-bond acceptors (Lipinski definition) is 4. The Morgan fingerprint density at radius 3 is 2.36 bits per heavy atom. The summed E-state index contributed by atoms with van der Waals surface area (Å²) in [7, 11) is 1.64. The first-order valence-electron chi connectivity index (χ1n) is 8.73. The normalized spacial score (nSPS) is 16.5. The fourth-order valence-corrected chi connectivity index (χ4v) is 3.22. The molecule has 1 aromatic carbocycles. The van der Waals surface area contributed by atoms with Crippen molar-refractivity contribution >= 4 is 27.7 Å². The van der Waals surface area contributed by atoms with E-state index >= 15 is 0 Å². The first-order valence-corrected chi connectivity index (χ1v) is 9.52. The first-order chi connectivity index (χ1) is 12.0. The third kappa shape index (κ3) is 6.09. The second-order valence-electron chi connectivity index (χ2n) is 6.22. The molecule has 2 rings (SSSR count). The van der Waals surface area contributed by atoms with Crippen molar-refractivity contribution in [1.82, 2.24) is 20.4 Å². The van der Waals surface area contributed by atoms with Crippen LogP contribution in [0.3, 0.4) is 0 Å². The standard InChI is InChI=1S/C18H27BrN4O2/c1-3-16(14-4-6-15(19)7-5-14)21-12-18(25)23-10-8-22(9-11-23)13-17(24)20-2/h4-7,16,21H,3,8-13H2,1-2H3,(H,20,24)/t16-/m0/s1. The Morgan fingerprint density at radius 1 is 1.16 bits per heavy atom. The molecule has 1 aromatic rings. The summed E-state index contributed by atoms with van der Waals surface area (Å²) < 4.78 is 1.05. The van der Waals surface area contributed by atoms with E-state index in [2.05, 4.69) is 50.5 Å². The van der Waals surface area contributed by atoms with Crippen molar-refractivity contribution < 1.29 is 9.59 Å². The lowest BCUT2D eigenvalue weighted by Crippen LogP contribution is -2.52. The smallest absolute Gasteiger partial charge is 0.236 e. The Labute approximate surface area is 158 Å². The van der Waals surface area contributed by atoms with E-state index in [4.69, 9.17) is 0 Å². The lowest BCUT2D eigenvalue weighted by molar-refractivity contribution is -0.132. The molecule has 0 saturated carbocycles. The van der Waals surface area contributed by atoms with Crippen molar-refractivity contribution in [3.63, 3.8) is 0 Å². The van der Waals surface area contributed by atoms with Crippen LogP contribution in [-0.2, 0) is 9.59 Å². The molecule has 1 saturated heterocycles. The Kier molecular flexibility index (Phi) is 7.87. The van der Waals surface area contributed by atoms with Crippen LogP contribution < -0.4 is 10.6 Å². The quantitative estimate of drug-likeness (QED) is 0.712. The van der Waals surface area contributed by atoms with Gasteiger partial charge in [0, 0.05) is 43.7 Å². The summed E-state index contributed by atoms with van der Waals surface area (Å²) in [5.74, 6) is 0.136.